The molecule has 13 aromatic rings. The first-order valence-electron chi connectivity index (χ1n) is 22.5. The maximum absolute atomic E-state index is 7.36. The third-order valence-electron chi connectivity index (χ3n) is 13.1. The largest absolute Gasteiger partial charge is 0.455 e. The fraction of sp³-hybridized carbons (Fsp3) is 0. The van der Waals surface area contributed by atoms with Crippen molar-refractivity contribution in [3.8, 4) is 16.8 Å². The molecule has 0 unspecified atom stereocenters. The lowest BCUT2D eigenvalue weighted by Gasteiger charge is -2.31. The number of furan rings is 1. The molecular formula is C62H41N3O. The van der Waals surface area contributed by atoms with E-state index in [1.165, 1.54) is 27.1 Å². The third kappa shape index (κ3) is 6.07. The van der Waals surface area contributed by atoms with Crippen LogP contribution in [-0.4, -0.2) is 4.57 Å². The van der Waals surface area contributed by atoms with Crippen molar-refractivity contribution in [2.45, 2.75) is 0 Å². The van der Waals surface area contributed by atoms with Gasteiger partial charge in [0.1, 0.15) is 11.2 Å². The van der Waals surface area contributed by atoms with Crippen molar-refractivity contribution in [1.29, 1.82) is 0 Å². The topological polar surface area (TPSA) is 24.6 Å². The average molecular weight is 844 g/mol. The van der Waals surface area contributed by atoms with Gasteiger partial charge in [0.25, 0.3) is 0 Å². The van der Waals surface area contributed by atoms with Gasteiger partial charge < -0.3 is 18.8 Å². The second-order valence-corrected chi connectivity index (χ2v) is 16.9. The van der Waals surface area contributed by atoms with E-state index < -0.39 is 0 Å². The number of rotatable bonds is 8. The third-order valence-corrected chi connectivity index (χ3v) is 13.1. The molecule has 4 heteroatoms. The summed E-state index contributed by atoms with van der Waals surface area (Å²) in [6, 6.07) is 89.3. The zero-order chi connectivity index (χ0) is 43.6. The van der Waals surface area contributed by atoms with Crippen LogP contribution >= 0.6 is 0 Å². The summed E-state index contributed by atoms with van der Waals surface area (Å²) in [7, 11) is 0. The Morgan fingerprint density at radius 1 is 0.333 bits per heavy atom. The molecule has 0 aliphatic heterocycles. The molecular weight excluding hydrogens is 803 g/mol. The van der Waals surface area contributed by atoms with Gasteiger partial charge >= 0.3 is 0 Å². The number of fused-ring (bicyclic) bond motifs is 8. The van der Waals surface area contributed by atoms with Crippen LogP contribution in [0.4, 0.5) is 34.1 Å². The zero-order valence-electron chi connectivity index (χ0n) is 35.9. The van der Waals surface area contributed by atoms with Crippen molar-refractivity contribution >= 4 is 99.4 Å². The van der Waals surface area contributed by atoms with Crippen LogP contribution in [0.1, 0.15) is 0 Å². The van der Waals surface area contributed by atoms with E-state index in [2.05, 4.69) is 263 Å². The molecule has 0 aliphatic rings. The minimum atomic E-state index is 0.798. The summed E-state index contributed by atoms with van der Waals surface area (Å²) in [5.74, 6) is 0. The highest BCUT2D eigenvalue weighted by atomic mass is 16.3. The Morgan fingerprint density at radius 3 is 1.56 bits per heavy atom. The molecule has 0 atom stereocenters. The van der Waals surface area contributed by atoms with E-state index in [9.17, 15) is 0 Å². The summed E-state index contributed by atoms with van der Waals surface area (Å²) in [5.41, 5.74) is 13.5. The van der Waals surface area contributed by atoms with Crippen molar-refractivity contribution in [1.82, 2.24) is 4.57 Å². The number of aromatic nitrogens is 1. The quantitative estimate of drug-likeness (QED) is 0.152. The minimum Gasteiger partial charge on any atom is -0.455 e. The first-order chi connectivity index (χ1) is 32.8. The molecule has 0 saturated heterocycles. The Kier molecular flexibility index (Phi) is 8.81. The molecule has 0 N–H and O–H groups in total. The minimum absolute atomic E-state index is 0.798. The van der Waals surface area contributed by atoms with Crippen molar-refractivity contribution in [2.75, 3.05) is 9.80 Å². The first kappa shape index (κ1) is 37.7. The fourth-order valence-corrected chi connectivity index (χ4v) is 10.2. The van der Waals surface area contributed by atoms with Crippen molar-refractivity contribution in [3.63, 3.8) is 0 Å². The van der Waals surface area contributed by atoms with E-state index in [0.29, 0.717) is 0 Å². The molecule has 13 rings (SSSR count). The number of hydrogen-bond donors (Lipinski definition) is 0. The lowest BCUT2D eigenvalue weighted by molar-refractivity contribution is 0.670. The molecule has 310 valence electrons. The molecule has 0 saturated carbocycles. The van der Waals surface area contributed by atoms with Gasteiger partial charge in [0, 0.05) is 55.6 Å². The predicted molar refractivity (Wildman–Crippen MR) is 278 cm³/mol. The second-order valence-electron chi connectivity index (χ2n) is 16.9. The van der Waals surface area contributed by atoms with E-state index in [-0.39, 0.29) is 0 Å². The summed E-state index contributed by atoms with van der Waals surface area (Å²) >= 11 is 0. The van der Waals surface area contributed by atoms with Gasteiger partial charge in [-0.25, -0.2) is 0 Å². The molecule has 2 aromatic heterocycles. The molecule has 0 aliphatic carbocycles. The summed E-state index contributed by atoms with van der Waals surface area (Å²) in [5, 5.41) is 9.20. The van der Waals surface area contributed by atoms with Crippen molar-refractivity contribution < 1.29 is 4.42 Å². The number of nitrogens with zero attached hydrogens (tertiary/aromatic N) is 3. The Hall–Kier alpha value is -8.86. The Bertz CT molecular complexity index is 3940. The van der Waals surface area contributed by atoms with Gasteiger partial charge in [-0.3, -0.25) is 0 Å². The lowest BCUT2D eigenvalue weighted by Crippen LogP contribution is -2.14. The molecule has 0 fully saturated rings. The molecule has 11 aromatic carbocycles. The standard InChI is InChI=1S/C62H41N3O/c1-4-23-45(24-5-1)63(55-35-16-21-42-19-10-12-29-49(42)55)48-40-59(65(47-27-8-3-9-28-47)56-36-17-22-43-20-11-13-30-50(43)56)61-54-33-18-32-51(62(54)66-60(61)41-48)44-37-38-53-52-31-14-15-34-57(52)64(58(53)39-44)46-25-6-2-7-26-46/h1-41H. The SMILES string of the molecule is c1ccc(N(c2cc(N(c3ccccc3)c3cccc4ccccc34)c3c(c2)oc2c(-c4ccc5c6ccccc6n(-c6ccccc6)c5c4)cccc23)c2cccc3ccccc23)cc1. The van der Waals surface area contributed by atoms with Crippen LogP contribution in [0.2, 0.25) is 0 Å². The van der Waals surface area contributed by atoms with E-state index in [1.54, 1.807) is 0 Å². The Labute approximate surface area is 382 Å². The van der Waals surface area contributed by atoms with Crippen molar-refractivity contribution in [3.05, 3.63) is 249 Å². The predicted octanol–water partition coefficient (Wildman–Crippen LogP) is 17.6. The van der Waals surface area contributed by atoms with Gasteiger partial charge in [-0.05, 0) is 83.1 Å². The average Bonchev–Trinajstić information content (AvgIpc) is 3.93. The molecule has 4 nitrogen and oxygen atoms in total. The number of anilines is 6. The van der Waals surface area contributed by atoms with Gasteiger partial charge in [-0.15, -0.1) is 0 Å². The van der Waals surface area contributed by atoms with Crippen LogP contribution in [0, 0.1) is 0 Å². The molecule has 0 spiro atoms. The van der Waals surface area contributed by atoms with Gasteiger partial charge in [0.05, 0.1) is 39.2 Å². The maximum atomic E-state index is 7.36. The molecule has 0 bridgehead atoms. The van der Waals surface area contributed by atoms with E-state index in [1.807, 2.05) is 0 Å². The Balaban J connectivity index is 1.12. The van der Waals surface area contributed by atoms with Crippen LogP contribution in [0.25, 0.3) is 82.1 Å². The smallest absolute Gasteiger partial charge is 0.143 e. The van der Waals surface area contributed by atoms with Gasteiger partial charge in [0.15, 0.2) is 0 Å². The normalized spacial score (nSPS) is 11.6. The summed E-state index contributed by atoms with van der Waals surface area (Å²) < 4.78 is 9.74. The molecule has 0 amide bonds. The van der Waals surface area contributed by atoms with Gasteiger partial charge in [0.2, 0.25) is 0 Å². The van der Waals surface area contributed by atoms with Crippen molar-refractivity contribution in [2.24, 2.45) is 0 Å². The van der Waals surface area contributed by atoms with Crippen LogP contribution in [0.3, 0.4) is 0 Å². The monoisotopic (exact) mass is 843 g/mol. The number of hydrogen-bond acceptors (Lipinski definition) is 3. The lowest BCUT2D eigenvalue weighted by atomic mass is 9.99. The molecule has 0 radical (unpaired) electrons. The van der Waals surface area contributed by atoms with Gasteiger partial charge in [-0.2, -0.15) is 0 Å². The highest BCUT2D eigenvalue weighted by Crippen LogP contribution is 2.50. The number of para-hydroxylation sites is 5. The highest BCUT2D eigenvalue weighted by molar-refractivity contribution is 6.19. The highest BCUT2D eigenvalue weighted by Gasteiger charge is 2.26. The number of benzene rings is 11. The van der Waals surface area contributed by atoms with Gasteiger partial charge in [-0.1, -0.05) is 176 Å². The summed E-state index contributed by atoms with van der Waals surface area (Å²) in [6.45, 7) is 0. The van der Waals surface area contributed by atoms with E-state index in [0.717, 1.165) is 89.2 Å². The first-order valence-corrected chi connectivity index (χ1v) is 22.5. The van der Waals surface area contributed by atoms with Crippen LogP contribution in [-0.2, 0) is 0 Å². The van der Waals surface area contributed by atoms with Crippen LogP contribution in [0.15, 0.2) is 253 Å². The van der Waals surface area contributed by atoms with E-state index in [4.69, 9.17) is 4.42 Å². The maximum Gasteiger partial charge on any atom is 0.143 e. The second kappa shape index (κ2) is 15.4. The zero-order valence-corrected chi connectivity index (χ0v) is 35.9. The summed E-state index contributed by atoms with van der Waals surface area (Å²) in [4.78, 5) is 4.80. The van der Waals surface area contributed by atoms with Crippen LogP contribution < -0.4 is 9.80 Å². The summed E-state index contributed by atoms with van der Waals surface area (Å²) in [6.07, 6.45) is 0. The fourth-order valence-electron chi connectivity index (χ4n) is 10.2. The van der Waals surface area contributed by atoms with Crippen LogP contribution in [0.5, 0.6) is 0 Å². The molecule has 2 heterocycles. The van der Waals surface area contributed by atoms with E-state index >= 15 is 0 Å². The Morgan fingerprint density at radius 2 is 0.864 bits per heavy atom. The molecule has 66 heavy (non-hydrogen) atoms.